The smallest absolute Gasteiger partial charge is 0.410 e. The maximum Gasteiger partial charge on any atom is 0.410 e. The fourth-order valence-electron chi connectivity index (χ4n) is 2.84. The average Bonchev–Trinajstić information content (AvgIpc) is 3.25. The number of imide groups is 2. The van der Waals surface area contributed by atoms with E-state index >= 15 is 0 Å². The van der Waals surface area contributed by atoms with Gasteiger partial charge in [0.05, 0.1) is 0 Å². The number of hydroxylamine groups is 4. The highest BCUT2D eigenvalue weighted by Gasteiger charge is 2.31. The van der Waals surface area contributed by atoms with Crippen molar-refractivity contribution in [1.29, 1.82) is 0 Å². The van der Waals surface area contributed by atoms with Crippen molar-refractivity contribution in [1.82, 2.24) is 15.0 Å². The molecule has 0 aromatic heterocycles. The summed E-state index contributed by atoms with van der Waals surface area (Å²) in [4.78, 5) is 83.2. The quantitative estimate of drug-likeness (QED) is 0.425. The van der Waals surface area contributed by atoms with Crippen LogP contribution in [0.1, 0.15) is 65.7 Å². The molecule has 0 spiro atoms. The third-order valence-corrected chi connectivity index (χ3v) is 4.32. The molecular formula is C20H29N3O10. The minimum Gasteiger partial charge on any atom is -0.444 e. The summed E-state index contributed by atoms with van der Waals surface area (Å²) in [6, 6.07) is 0. The third kappa shape index (κ3) is 9.66. The van der Waals surface area contributed by atoms with E-state index < -0.39 is 23.6 Å². The molecule has 0 aromatic rings. The lowest BCUT2D eigenvalue weighted by atomic mass is 10.1. The lowest BCUT2D eigenvalue weighted by molar-refractivity contribution is -0.188. The van der Waals surface area contributed by atoms with Gasteiger partial charge in [-0.1, -0.05) is 0 Å². The number of hydrogen-bond donors (Lipinski definition) is 0. The number of likely N-dealkylation sites (tertiary alicyclic amines) is 1. The fourth-order valence-corrected chi connectivity index (χ4v) is 2.84. The molecule has 5 amide bonds. The van der Waals surface area contributed by atoms with Crippen LogP contribution in [0.5, 0.6) is 0 Å². The lowest BCUT2D eigenvalue weighted by Gasteiger charge is -2.29. The minimum atomic E-state index is -0.461. The van der Waals surface area contributed by atoms with Gasteiger partial charge >= 0.3 is 19.0 Å². The van der Waals surface area contributed by atoms with E-state index in [2.05, 4.69) is 9.68 Å². The highest BCUT2D eigenvalue weighted by atomic mass is 16.7. The molecule has 3 rings (SSSR count). The SMILES string of the molecule is CC(C)(C)OC(=O)N1CCCCC1.O=CON1C(=O)CCC1=O.O=CON1C(=O)CCC1=O. The van der Waals surface area contributed by atoms with Crippen LogP contribution in [-0.2, 0) is 43.2 Å². The number of carbonyl (C=O) groups excluding carboxylic acids is 7. The van der Waals surface area contributed by atoms with Gasteiger partial charge in [-0.2, -0.15) is 0 Å². The lowest BCUT2D eigenvalue weighted by Crippen LogP contribution is -2.39. The molecule has 0 N–H and O–H groups in total. The van der Waals surface area contributed by atoms with Crippen LogP contribution in [0.15, 0.2) is 0 Å². The Kier molecular flexibility index (Phi) is 11.0. The molecule has 0 radical (unpaired) electrons. The summed E-state index contributed by atoms with van der Waals surface area (Å²) in [6.45, 7) is 7.52. The Morgan fingerprint density at radius 3 is 1.39 bits per heavy atom. The van der Waals surface area contributed by atoms with Crippen LogP contribution in [0.4, 0.5) is 4.79 Å². The van der Waals surface area contributed by atoms with E-state index in [1.165, 1.54) is 6.42 Å². The van der Waals surface area contributed by atoms with Gasteiger partial charge < -0.3 is 19.3 Å². The third-order valence-electron chi connectivity index (χ3n) is 4.32. The van der Waals surface area contributed by atoms with Gasteiger partial charge in [0.1, 0.15) is 5.60 Å². The maximum atomic E-state index is 11.5. The zero-order valence-corrected chi connectivity index (χ0v) is 18.9. The monoisotopic (exact) mass is 471 g/mol. The van der Waals surface area contributed by atoms with Gasteiger partial charge in [0, 0.05) is 38.8 Å². The molecule has 3 saturated heterocycles. The molecule has 3 fully saturated rings. The summed E-state index contributed by atoms with van der Waals surface area (Å²) in [5.41, 5.74) is -0.367. The first-order valence-corrected chi connectivity index (χ1v) is 10.4. The van der Waals surface area contributed by atoms with Crippen LogP contribution < -0.4 is 0 Å². The number of rotatable bonds is 4. The van der Waals surface area contributed by atoms with Crippen molar-refractivity contribution >= 4 is 42.7 Å². The second-order valence-corrected chi connectivity index (χ2v) is 8.10. The van der Waals surface area contributed by atoms with Crippen LogP contribution in [0.25, 0.3) is 0 Å². The predicted octanol–water partition coefficient (Wildman–Crippen LogP) is 0.854. The standard InChI is InChI=1S/C10H19NO2.2C5H5NO4/c1-10(2,3)13-9(12)11-7-5-4-6-8-11;2*7-3-10-6-4(8)1-2-5(6)9/h4-8H2,1-3H3;2*3H,1-2H2. The second-order valence-electron chi connectivity index (χ2n) is 8.10. The molecule has 0 atom stereocenters. The van der Waals surface area contributed by atoms with Gasteiger partial charge in [0.15, 0.2) is 0 Å². The van der Waals surface area contributed by atoms with Gasteiger partial charge in [-0.05, 0) is 40.0 Å². The van der Waals surface area contributed by atoms with Crippen molar-refractivity contribution < 1.29 is 48.0 Å². The van der Waals surface area contributed by atoms with E-state index in [1.54, 1.807) is 4.90 Å². The van der Waals surface area contributed by atoms with Gasteiger partial charge in [-0.15, -0.1) is 10.1 Å². The van der Waals surface area contributed by atoms with Crippen molar-refractivity contribution in [3.63, 3.8) is 0 Å². The van der Waals surface area contributed by atoms with Crippen molar-refractivity contribution in [2.45, 2.75) is 71.3 Å². The highest BCUT2D eigenvalue weighted by molar-refractivity contribution is 6.01. The van der Waals surface area contributed by atoms with E-state index in [0.717, 1.165) is 25.9 Å². The fraction of sp³-hybridized carbons (Fsp3) is 0.650. The molecule has 0 unspecified atom stereocenters. The molecule has 3 aliphatic heterocycles. The molecule has 0 bridgehead atoms. The van der Waals surface area contributed by atoms with E-state index in [4.69, 9.17) is 4.74 Å². The Hall–Kier alpha value is -3.51. The minimum absolute atomic E-state index is 0.0567. The van der Waals surface area contributed by atoms with E-state index in [9.17, 15) is 33.6 Å². The Bertz CT molecular complexity index is 682. The summed E-state index contributed by atoms with van der Waals surface area (Å²) in [7, 11) is 0. The molecule has 0 aromatic carbocycles. The first-order valence-electron chi connectivity index (χ1n) is 10.4. The van der Waals surface area contributed by atoms with Crippen molar-refractivity contribution in [2.75, 3.05) is 13.1 Å². The Balaban J connectivity index is 0.000000251. The first kappa shape index (κ1) is 27.5. The maximum absolute atomic E-state index is 11.5. The summed E-state index contributed by atoms with van der Waals surface area (Å²) < 4.78 is 5.26. The first-order chi connectivity index (χ1) is 15.5. The second kappa shape index (κ2) is 13.1. The highest BCUT2D eigenvalue weighted by Crippen LogP contribution is 2.14. The van der Waals surface area contributed by atoms with Crippen LogP contribution >= 0.6 is 0 Å². The van der Waals surface area contributed by atoms with Crippen molar-refractivity contribution in [2.24, 2.45) is 0 Å². The number of carbonyl (C=O) groups is 7. The Morgan fingerprint density at radius 1 is 0.727 bits per heavy atom. The predicted molar refractivity (Wildman–Crippen MR) is 108 cm³/mol. The zero-order valence-electron chi connectivity index (χ0n) is 18.9. The van der Waals surface area contributed by atoms with Crippen molar-refractivity contribution in [3.8, 4) is 0 Å². The van der Waals surface area contributed by atoms with Crippen molar-refractivity contribution in [3.05, 3.63) is 0 Å². The molecule has 33 heavy (non-hydrogen) atoms. The summed E-state index contributed by atoms with van der Waals surface area (Å²) in [5.74, 6) is -1.84. The molecule has 184 valence electrons. The number of nitrogens with zero attached hydrogens (tertiary/aromatic N) is 3. The van der Waals surface area contributed by atoms with Gasteiger partial charge in [-0.25, -0.2) is 4.79 Å². The number of amides is 5. The Morgan fingerprint density at radius 2 is 1.09 bits per heavy atom. The van der Waals surface area contributed by atoms with Gasteiger partial charge in [-0.3, -0.25) is 28.8 Å². The summed E-state index contributed by atoms with van der Waals surface area (Å²) in [6.07, 6.45) is 3.82. The van der Waals surface area contributed by atoms with Crippen LogP contribution in [0, 0.1) is 0 Å². The normalized spacial score (nSPS) is 18.1. The molecule has 13 heteroatoms. The Labute approximate surface area is 190 Å². The number of hydrogen-bond acceptors (Lipinski definition) is 10. The molecule has 3 heterocycles. The van der Waals surface area contributed by atoms with Gasteiger partial charge in [0.2, 0.25) is 0 Å². The van der Waals surface area contributed by atoms with Crippen LogP contribution in [-0.4, -0.2) is 76.4 Å². The van der Waals surface area contributed by atoms with Crippen LogP contribution in [0.2, 0.25) is 0 Å². The summed E-state index contributed by atoms with van der Waals surface area (Å²) in [5, 5.41) is 0.958. The van der Waals surface area contributed by atoms with E-state index in [0.29, 0.717) is 10.1 Å². The topological polar surface area (TPSA) is 157 Å². The molecule has 3 aliphatic rings. The van der Waals surface area contributed by atoms with E-state index in [-0.39, 0.29) is 50.3 Å². The number of piperidine rings is 1. The molecule has 0 saturated carbocycles. The van der Waals surface area contributed by atoms with Crippen LogP contribution in [0.3, 0.4) is 0 Å². The zero-order chi connectivity index (χ0) is 25.0. The molecular weight excluding hydrogens is 442 g/mol. The average molecular weight is 471 g/mol. The molecule has 0 aliphatic carbocycles. The summed E-state index contributed by atoms with van der Waals surface area (Å²) >= 11 is 0. The molecule has 13 nitrogen and oxygen atoms in total. The van der Waals surface area contributed by atoms with Gasteiger partial charge in [0.25, 0.3) is 23.6 Å². The largest absolute Gasteiger partial charge is 0.444 e. The van der Waals surface area contributed by atoms with E-state index in [1.807, 2.05) is 20.8 Å². The number of ether oxygens (including phenoxy) is 1.